The summed E-state index contributed by atoms with van der Waals surface area (Å²) in [5.74, 6) is 0.195. The number of aryl methyl sites for hydroxylation is 2. The van der Waals surface area contributed by atoms with Gasteiger partial charge < -0.3 is 9.88 Å². The van der Waals surface area contributed by atoms with Gasteiger partial charge in [-0.2, -0.15) is 5.10 Å². The molecule has 0 saturated carbocycles. The summed E-state index contributed by atoms with van der Waals surface area (Å²) in [5.41, 5.74) is 2.03. The van der Waals surface area contributed by atoms with Gasteiger partial charge in [-0.15, -0.1) is 0 Å². The Morgan fingerprint density at radius 2 is 1.73 bits per heavy atom. The van der Waals surface area contributed by atoms with Gasteiger partial charge in [-0.25, -0.2) is 4.98 Å². The van der Waals surface area contributed by atoms with E-state index in [1.165, 1.54) is 0 Å². The number of carbonyl (C=O) groups excluding carboxylic acids is 1. The zero-order valence-corrected chi connectivity index (χ0v) is 14.4. The van der Waals surface area contributed by atoms with E-state index in [9.17, 15) is 9.59 Å². The fourth-order valence-corrected chi connectivity index (χ4v) is 3.07. The van der Waals surface area contributed by atoms with Crippen LogP contribution in [0, 0.1) is 0 Å². The van der Waals surface area contributed by atoms with E-state index < -0.39 is 5.91 Å². The van der Waals surface area contributed by atoms with Crippen molar-refractivity contribution in [3.05, 3.63) is 70.3 Å². The second-order valence-electron chi connectivity index (χ2n) is 6.08. The first-order valence-corrected chi connectivity index (χ1v) is 8.21. The molecule has 26 heavy (non-hydrogen) atoms. The standard InChI is InChI=1S/C19H17N5O2/c1-23-15-10-6-4-8-13(15)21-16(23)11-20-19(26)17-18(25)12-7-3-5-9-14(12)24(2)22-17/h3-10H,11H2,1-2H3,(H,20,26). The van der Waals surface area contributed by atoms with Crippen molar-refractivity contribution in [2.45, 2.75) is 6.54 Å². The lowest BCUT2D eigenvalue weighted by atomic mass is 10.2. The summed E-state index contributed by atoms with van der Waals surface area (Å²) in [7, 11) is 3.61. The molecule has 0 fully saturated rings. The Bertz CT molecular complexity index is 1210. The zero-order valence-electron chi connectivity index (χ0n) is 14.4. The highest BCUT2D eigenvalue weighted by molar-refractivity contribution is 5.95. The van der Waals surface area contributed by atoms with Crippen LogP contribution in [0.1, 0.15) is 16.3 Å². The molecule has 2 aromatic heterocycles. The number of fused-ring (bicyclic) bond motifs is 2. The van der Waals surface area contributed by atoms with Gasteiger partial charge in [0.2, 0.25) is 5.43 Å². The number of aromatic nitrogens is 4. The molecule has 0 aliphatic carbocycles. The van der Waals surface area contributed by atoms with Gasteiger partial charge in [0.25, 0.3) is 5.91 Å². The van der Waals surface area contributed by atoms with Crippen LogP contribution in [0.2, 0.25) is 0 Å². The largest absolute Gasteiger partial charge is 0.343 e. The highest BCUT2D eigenvalue weighted by atomic mass is 16.2. The number of nitrogens with one attached hydrogen (secondary N) is 1. The van der Waals surface area contributed by atoms with Gasteiger partial charge in [0, 0.05) is 19.5 Å². The normalized spacial score (nSPS) is 11.2. The van der Waals surface area contributed by atoms with Gasteiger partial charge in [-0.1, -0.05) is 24.3 Å². The van der Waals surface area contributed by atoms with Crippen LogP contribution in [0.15, 0.2) is 53.3 Å². The molecule has 1 amide bonds. The Morgan fingerprint density at radius 3 is 2.50 bits per heavy atom. The lowest BCUT2D eigenvalue weighted by Gasteiger charge is -2.08. The maximum atomic E-state index is 12.6. The first-order valence-electron chi connectivity index (χ1n) is 8.21. The lowest BCUT2D eigenvalue weighted by Crippen LogP contribution is -2.32. The monoisotopic (exact) mass is 347 g/mol. The number of imidazole rings is 1. The van der Waals surface area contributed by atoms with Gasteiger partial charge >= 0.3 is 0 Å². The summed E-state index contributed by atoms with van der Waals surface area (Å²) in [6.07, 6.45) is 0. The molecule has 0 saturated heterocycles. The van der Waals surface area contributed by atoms with E-state index in [0.717, 1.165) is 11.0 Å². The fraction of sp³-hybridized carbons (Fsp3) is 0.158. The van der Waals surface area contributed by atoms with Crippen LogP contribution >= 0.6 is 0 Å². The topological polar surface area (TPSA) is 81.8 Å². The molecular weight excluding hydrogens is 330 g/mol. The van der Waals surface area contributed by atoms with Gasteiger partial charge in [0.05, 0.1) is 23.1 Å². The van der Waals surface area contributed by atoms with Crippen molar-refractivity contribution in [1.29, 1.82) is 0 Å². The highest BCUT2D eigenvalue weighted by Crippen LogP contribution is 2.14. The van der Waals surface area contributed by atoms with E-state index in [0.29, 0.717) is 16.7 Å². The van der Waals surface area contributed by atoms with E-state index >= 15 is 0 Å². The first kappa shape index (κ1) is 16.0. The highest BCUT2D eigenvalue weighted by Gasteiger charge is 2.17. The Labute approximate surface area is 148 Å². The quantitative estimate of drug-likeness (QED) is 0.612. The maximum Gasteiger partial charge on any atom is 0.276 e. The number of carbonyl (C=O) groups is 1. The van der Waals surface area contributed by atoms with Gasteiger partial charge in [-0.05, 0) is 24.3 Å². The number of hydrogen-bond acceptors (Lipinski definition) is 4. The van der Waals surface area contributed by atoms with Crippen LogP contribution in [-0.2, 0) is 20.6 Å². The molecule has 4 aromatic rings. The van der Waals surface area contributed by atoms with Crippen molar-refractivity contribution < 1.29 is 4.79 Å². The number of amides is 1. The molecule has 0 spiro atoms. The molecule has 0 unspecified atom stereocenters. The summed E-state index contributed by atoms with van der Waals surface area (Å²) in [5, 5.41) is 7.37. The second-order valence-corrected chi connectivity index (χ2v) is 6.08. The van der Waals surface area contributed by atoms with Crippen molar-refractivity contribution in [3.63, 3.8) is 0 Å². The predicted octanol–water partition coefficient (Wildman–Crippen LogP) is 1.75. The van der Waals surface area contributed by atoms with Crippen LogP contribution < -0.4 is 10.7 Å². The molecule has 130 valence electrons. The number of rotatable bonds is 3. The third kappa shape index (κ3) is 2.54. The van der Waals surface area contributed by atoms with Crippen molar-refractivity contribution in [3.8, 4) is 0 Å². The maximum absolute atomic E-state index is 12.6. The summed E-state index contributed by atoms with van der Waals surface area (Å²) >= 11 is 0. The van der Waals surface area contributed by atoms with Crippen molar-refractivity contribution in [2.24, 2.45) is 14.1 Å². The molecule has 2 aromatic carbocycles. The molecule has 2 heterocycles. The minimum absolute atomic E-state index is 0.120. The minimum Gasteiger partial charge on any atom is -0.343 e. The summed E-state index contributed by atoms with van der Waals surface area (Å²) in [4.78, 5) is 29.6. The number of para-hydroxylation sites is 3. The number of benzene rings is 2. The van der Waals surface area contributed by atoms with Crippen molar-refractivity contribution in [2.75, 3.05) is 0 Å². The molecule has 1 N–H and O–H groups in total. The van der Waals surface area contributed by atoms with E-state index in [2.05, 4.69) is 15.4 Å². The van der Waals surface area contributed by atoms with Crippen LogP contribution in [-0.4, -0.2) is 25.2 Å². The molecule has 0 atom stereocenters. The third-order valence-electron chi connectivity index (χ3n) is 4.46. The summed E-state index contributed by atoms with van der Waals surface area (Å²) in [6, 6.07) is 14.8. The van der Waals surface area contributed by atoms with Crippen molar-refractivity contribution >= 4 is 27.8 Å². The minimum atomic E-state index is -0.511. The molecule has 0 aliphatic heterocycles. The number of hydrogen-bond donors (Lipinski definition) is 1. The molecule has 4 rings (SSSR count). The summed E-state index contributed by atoms with van der Waals surface area (Å²) in [6.45, 7) is 0.210. The predicted molar refractivity (Wildman–Crippen MR) is 98.9 cm³/mol. The van der Waals surface area contributed by atoms with Crippen LogP contribution in [0.5, 0.6) is 0 Å². The van der Waals surface area contributed by atoms with E-state index in [4.69, 9.17) is 0 Å². The fourth-order valence-electron chi connectivity index (χ4n) is 3.07. The van der Waals surface area contributed by atoms with Crippen LogP contribution in [0.3, 0.4) is 0 Å². The first-order chi connectivity index (χ1) is 12.6. The smallest absolute Gasteiger partial charge is 0.276 e. The third-order valence-corrected chi connectivity index (χ3v) is 4.46. The van der Waals surface area contributed by atoms with Crippen molar-refractivity contribution in [1.82, 2.24) is 24.6 Å². The molecule has 7 nitrogen and oxygen atoms in total. The SMILES string of the molecule is Cn1nc(C(=O)NCc2nc3ccccc3n2C)c(=O)c2ccccc21. The van der Waals surface area contributed by atoms with E-state index in [1.54, 1.807) is 29.9 Å². The summed E-state index contributed by atoms with van der Waals surface area (Å²) < 4.78 is 3.46. The number of nitrogens with zero attached hydrogens (tertiary/aromatic N) is 4. The van der Waals surface area contributed by atoms with Crippen LogP contribution in [0.25, 0.3) is 21.9 Å². The lowest BCUT2D eigenvalue weighted by molar-refractivity contribution is 0.0941. The van der Waals surface area contributed by atoms with Gasteiger partial charge in [0.15, 0.2) is 5.69 Å². The molecular formula is C19H17N5O2. The molecule has 0 radical (unpaired) electrons. The second kappa shape index (κ2) is 6.11. The average molecular weight is 347 g/mol. The Kier molecular flexibility index (Phi) is 3.76. The molecule has 0 aliphatic rings. The van der Waals surface area contributed by atoms with Gasteiger partial charge in [0.1, 0.15) is 5.82 Å². The van der Waals surface area contributed by atoms with E-state index in [1.807, 2.05) is 41.9 Å². The zero-order chi connectivity index (χ0) is 18.3. The van der Waals surface area contributed by atoms with E-state index in [-0.39, 0.29) is 17.7 Å². The van der Waals surface area contributed by atoms with Gasteiger partial charge in [-0.3, -0.25) is 14.3 Å². The molecule has 7 heteroatoms. The Morgan fingerprint density at radius 1 is 1.04 bits per heavy atom. The Balaban J connectivity index is 1.64. The van der Waals surface area contributed by atoms with Crippen LogP contribution in [0.4, 0.5) is 0 Å². The molecule has 0 bridgehead atoms. The Hall–Kier alpha value is -3.48. The average Bonchev–Trinajstić information content (AvgIpc) is 2.99.